The first kappa shape index (κ1) is 21.3. The smallest absolute Gasteiger partial charge is 0.119 e. The number of rotatable bonds is 6. The summed E-state index contributed by atoms with van der Waals surface area (Å²) < 4.78 is 17.1. The van der Waals surface area contributed by atoms with Gasteiger partial charge < -0.3 is 14.2 Å². The van der Waals surface area contributed by atoms with Crippen molar-refractivity contribution in [3.8, 4) is 39.5 Å². The van der Waals surface area contributed by atoms with Crippen LogP contribution in [0.5, 0.6) is 17.2 Å². The summed E-state index contributed by atoms with van der Waals surface area (Å²) >= 11 is 0. The normalized spacial score (nSPS) is 11.7. The highest BCUT2D eigenvalue weighted by molar-refractivity contribution is 6.07. The molecule has 0 fully saturated rings. The minimum absolute atomic E-state index is 0.554. The second-order valence-electron chi connectivity index (χ2n) is 8.87. The zero-order valence-corrected chi connectivity index (χ0v) is 19.9. The number of benzene rings is 5. The Balaban J connectivity index is 1.45. The molecule has 0 aliphatic heterocycles. The molecule has 3 heteroatoms. The first-order chi connectivity index (χ1) is 17.2. The van der Waals surface area contributed by atoms with Crippen molar-refractivity contribution in [3.05, 3.63) is 114 Å². The van der Waals surface area contributed by atoms with Crippen LogP contribution in [0.15, 0.2) is 97.1 Å². The summed E-state index contributed by atoms with van der Waals surface area (Å²) in [5.74, 6) is 2.62. The minimum Gasteiger partial charge on any atom is -0.497 e. The van der Waals surface area contributed by atoms with Crippen molar-refractivity contribution in [3.63, 3.8) is 0 Å². The van der Waals surface area contributed by atoms with Crippen LogP contribution >= 0.6 is 0 Å². The second kappa shape index (κ2) is 8.84. The Labute approximate surface area is 205 Å². The Hall–Kier alpha value is -4.24. The van der Waals surface area contributed by atoms with Crippen molar-refractivity contribution in [1.82, 2.24) is 0 Å². The Kier molecular flexibility index (Phi) is 5.38. The molecular weight excluding hydrogens is 432 g/mol. The Morgan fingerprint density at radius 2 is 1.34 bits per heavy atom. The van der Waals surface area contributed by atoms with Gasteiger partial charge in [0.1, 0.15) is 23.9 Å². The number of fused-ring (bicyclic) bond motifs is 4. The van der Waals surface area contributed by atoms with Crippen LogP contribution in [0.1, 0.15) is 16.7 Å². The number of hydrogen-bond donors (Lipinski definition) is 0. The molecule has 0 heterocycles. The van der Waals surface area contributed by atoms with E-state index in [2.05, 4.69) is 72.8 Å². The van der Waals surface area contributed by atoms with Gasteiger partial charge in [0.15, 0.2) is 0 Å². The van der Waals surface area contributed by atoms with E-state index in [1.54, 1.807) is 14.2 Å². The first-order valence-electron chi connectivity index (χ1n) is 11.8. The number of methoxy groups -OCH3 is 2. The van der Waals surface area contributed by atoms with Crippen molar-refractivity contribution in [2.45, 2.75) is 13.0 Å². The minimum atomic E-state index is 0.554. The highest BCUT2D eigenvalue weighted by atomic mass is 16.5. The third kappa shape index (κ3) is 3.89. The van der Waals surface area contributed by atoms with Gasteiger partial charge in [0.05, 0.1) is 14.2 Å². The lowest BCUT2D eigenvalue weighted by Crippen LogP contribution is -1.95. The molecule has 0 saturated carbocycles. The van der Waals surface area contributed by atoms with E-state index in [1.807, 2.05) is 24.3 Å². The molecule has 5 aromatic rings. The summed E-state index contributed by atoms with van der Waals surface area (Å²) in [6.45, 7) is 0.554. The Morgan fingerprint density at radius 1 is 0.629 bits per heavy atom. The summed E-state index contributed by atoms with van der Waals surface area (Å²) in [7, 11) is 3.43. The molecular formula is C32H26O3. The molecule has 0 amide bonds. The van der Waals surface area contributed by atoms with E-state index in [9.17, 15) is 0 Å². The molecule has 35 heavy (non-hydrogen) atoms. The molecule has 0 atom stereocenters. The monoisotopic (exact) mass is 458 g/mol. The van der Waals surface area contributed by atoms with Crippen LogP contribution in [0, 0.1) is 0 Å². The van der Waals surface area contributed by atoms with Crippen molar-refractivity contribution in [1.29, 1.82) is 0 Å². The fourth-order valence-electron chi connectivity index (χ4n) is 5.07. The zero-order valence-electron chi connectivity index (χ0n) is 19.9. The van der Waals surface area contributed by atoms with Gasteiger partial charge in [0.25, 0.3) is 0 Å². The van der Waals surface area contributed by atoms with Crippen LogP contribution in [-0.2, 0) is 13.0 Å². The maximum Gasteiger partial charge on any atom is 0.119 e. The fraction of sp³-hybridized carbons (Fsp3) is 0.125. The molecule has 1 aliphatic carbocycles. The van der Waals surface area contributed by atoms with E-state index in [0.29, 0.717) is 6.61 Å². The molecule has 5 aromatic carbocycles. The van der Waals surface area contributed by atoms with Crippen LogP contribution in [0.25, 0.3) is 33.0 Å². The highest BCUT2D eigenvalue weighted by Gasteiger charge is 2.25. The van der Waals surface area contributed by atoms with Gasteiger partial charge in [0, 0.05) is 0 Å². The summed E-state index contributed by atoms with van der Waals surface area (Å²) in [6.07, 6.45) is 0.889. The van der Waals surface area contributed by atoms with Gasteiger partial charge in [-0.05, 0) is 92.5 Å². The predicted octanol–water partition coefficient (Wildman–Crippen LogP) is 7.67. The third-order valence-corrected chi connectivity index (χ3v) is 6.78. The fourth-order valence-corrected chi connectivity index (χ4v) is 5.07. The summed E-state index contributed by atoms with van der Waals surface area (Å²) in [5, 5.41) is 2.40. The van der Waals surface area contributed by atoms with Crippen LogP contribution in [0.4, 0.5) is 0 Å². The van der Waals surface area contributed by atoms with Crippen LogP contribution in [-0.4, -0.2) is 14.2 Å². The molecule has 1 aliphatic rings. The van der Waals surface area contributed by atoms with Gasteiger partial charge in [0.2, 0.25) is 0 Å². The molecule has 0 bridgehead atoms. The lowest BCUT2D eigenvalue weighted by Gasteiger charge is -2.16. The molecule has 0 N–H and O–H groups in total. The quantitative estimate of drug-likeness (QED) is 0.256. The maximum absolute atomic E-state index is 6.04. The molecule has 6 rings (SSSR count). The van der Waals surface area contributed by atoms with Crippen molar-refractivity contribution in [2.24, 2.45) is 0 Å². The number of ether oxygens (including phenoxy) is 3. The standard InChI is InChI=1S/C32H26O3/c1-33-27-12-14-29-23(18-27)16-25-17-24-19-28(34-2)13-15-30(24)32(25)31(29)22-8-10-26(11-9-22)35-20-21-6-4-3-5-7-21/h3-16,18-19H,17,20H2,1-2H3. The molecule has 0 spiro atoms. The van der Waals surface area contributed by atoms with Gasteiger partial charge in [-0.2, -0.15) is 0 Å². The van der Waals surface area contributed by atoms with E-state index in [1.165, 1.54) is 44.2 Å². The summed E-state index contributed by atoms with van der Waals surface area (Å²) in [4.78, 5) is 0. The number of hydrogen-bond acceptors (Lipinski definition) is 3. The van der Waals surface area contributed by atoms with Crippen molar-refractivity contribution < 1.29 is 14.2 Å². The van der Waals surface area contributed by atoms with Gasteiger partial charge >= 0.3 is 0 Å². The van der Waals surface area contributed by atoms with E-state index in [4.69, 9.17) is 14.2 Å². The van der Waals surface area contributed by atoms with Crippen molar-refractivity contribution in [2.75, 3.05) is 14.2 Å². The molecule has 0 radical (unpaired) electrons. The van der Waals surface area contributed by atoms with Gasteiger partial charge in [-0.1, -0.05) is 60.7 Å². The van der Waals surface area contributed by atoms with Gasteiger partial charge in [-0.15, -0.1) is 0 Å². The summed E-state index contributed by atoms with van der Waals surface area (Å²) in [6, 6.07) is 33.8. The Bertz CT molecular complexity index is 1520. The van der Waals surface area contributed by atoms with Crippen LogP contribution in [0.2, 0.25) is 0 Å². The van der Waals surface area contributed by atoms with Crippen molar-refractivity contribution >= 4 is 10.8 Å². The van der Waals surface area contributed by atoms with Gasteiger partial charge in [-0.25, -0.2) is 0 Å². The van der Waals surface area contributed by atoms with E-state index in [0.717, 1.165) is 29.2 Å². The van der Waals surface area contributed by atoms with Gasteiger partial charge in [-0.3, -0.25) is 0 Å². The maximum atomic E-state index is 6.04. The predicted molar refractivity (Wildman–Crippen MR) is 142 cm³/mol. The van der Waals surface area contributed by atoms with E-state index >= 15 is 0 Å². The molecule has 0 saturated heterocycles. The highest BCUT2D eigenvalue weighted by Crippen LogP contribution is 2.48. The zero-order chi connectivity index (χ0) is 23.8. The second-order valence-corrected chi connectivity index (χ2v) is 8.87. The van der Waals surface area contributed by atoms with Crippen LogP contribution in [0.3, 0.4) is 0 Å². The molecule has 0 aromatic heterocycles. The SMILES string of the molecule is COc1ccc2c(c1)Cc1cc3cc(OC)ccc3c(-c3ccc(OCc4ccccc4)cc3)c1-2. The molecule has 0 unspecified atom stereocenters. The first-order valence-corrected chi connectivity index (χ1v) is 11.8. The lowest BCUT2D eigenvalue weighted by atomic mass is 9.89. The molecule has 3 nitrogen and oxygen atoms in total. The Morgan fingerprint density at radius 3 is 2.11 bits per heavy atom. The van der Waals surface area contributed by atoms with E-state index in [-0.39, 0.29) is 0 Å². The topological polar surface area (TPSA) is 27.7 Å². The largest absolute Gasteiger partial charge is 0.497 e. The average Bonchev–Trinajstić information content (AvgIpc) is 3.28. The van der Waals surface area contributed by atoms with Crippen LogP contribution < -0.4 is 14.2 Å². The molecule has 172 valence electrons. The lowest BCUT2D eigenvalue weighted by molar-refractivity contribution is 0.306. The average molecular weight is 459 g/mol. The summed E-state index contributed by atoms with van der Waals surface area (Å²) in [5.41, 5.74) is 8.78. The van der Waals surface area contributed by atoms with E-state index < -0.39 is 0 Å². The third-order valence-electron chi connectivity index (χ3n) is 6.78.